The van der Waals surface area contributed by atoms with Crippen LogP contribution in [-0.2, 0) is 16.7 Å². The summed E-state index contributed by atoms with van der Waals surface area (Å²) in [6, 6.07) is 0. The first-order chi connectivity index (χ1) is 9.57. The van der Waals surface area contributed by atoms with Crippen LogP contribution in [0, 0.1) is 6.92 Å². The average Bonchev–Trinajstić information content (AvgIpc) is 2.81. The van der Waals surface area contributed by atoms with Gasteiger partial charge in [0.1, 0.15) is 5.01 Å². The maximum Gasteiger partial charge on any atom is 0.113 e. The number of unbranched alkanes of at least 4 members (excludes halogenated alkanes) is 2. The number of hydrogen-bond donors (Lipinski definition) is 1. The van der Waals surface area contributed by atoms with Crippen LogP contribution < -0.4 is 5.32 Å². The van der Waals surface area contributed by atoms with Crippen LogP contribution in [0.2, 0.25) is 0 Å². The van der Waals surface area contributed by atoms with E-state index in [-0.39, 0.29) is 5.54 Å². The van der Waals surface area contributed by atoms with Crippen molar-refractivity contribution < 1.29 is 4.74 Å². The van der Waals surface area contributed by atoms with Crippen molar-refractivity contribution in [3.05, 3.63) is 15.6 Å². The molecule has 4 heteroatoms. The molecule has 1 atom stereocenters. The lowest BCUT2D eigenvalue weighted by atomic mass is 9.95. The summed E-state index contributed by atoms with van der Waals surface area (Å²) in [5, 5.41) is 4.90. The number of thiazole rings is 1. The van der Waals surface area contributed by atoms with Crippen molar-refractivity contribution in [1.82, 2.24) is 10.3 Å². The second kappa shape index (κ2) is 8.75. The number of nitrogens with zero attached hydrogens (tertiary/aromatic N) is 1. The van der Waals surface area contributed by atoms with Gasteiger partial charge in [0.2, 0.25) is 0 Å². The van der Waals surface area contributed by atoms with E-state index in [2.05, 4.69) is 33.0 Å². The molecule has 20 heavy (non-hydrogen) atoms. The number of aromatic nitrogens is 1. The maximum atomic E-state index is 5.17. The number of nitrogens with one attached hydrogen (secondary N) is 1. The number of methoxy groups -OCH3 is 1. The molecule has 0 bridgehead atoms. The van der Waals surface area contributed by atoms with Crippen LogP contribution >= 0.6 is 11.3 Å². The van der Waals surface area contributed by atoms with Crippen LogP contribution in [0.3, 0.4) is 0 Å². The van der Waals surface area contributed by atoms with Crippen molar-refractivity contribution in [1.29, 1.82) is 0 Å². The fourth-order valence-electron chi connectivity index (χ4n) is 2.42. The van der Waals surface area contributed by atoms with Crippen LogP contribution in [0.25, 0.3) is 0 Å². The first kappa shape index (κ1) is 17.6. The van der Waals surface area contributed by atoms with E-state index in [0.29, 0.717) is 0 Å². The van der Waals surface area contributed by atoms with E-state index in [1.807, 2.05) is 11.3 Å². The lowest BCUT2D eigenvalue weighted by molar-refractivity contribution is 0.183. The Morgan fingerprint density at radius 3 is 2.60 bits per heavy atom. The highest BCUT2D eigenvalue weighted by atomic mass is 32.1. The Kier molecular flexibility index (Phi) is 7.70. The van der Waals surface area contributed by atoms with Crippen LogP contribution in [0.15, 0.2) is 0 Å². The number of ether oxygens (including phenoxy) is 1. The molecule has 1 aromatic heterocycles. The normalized spacial score (nSPS) is 14.4. The Morgan fingerprint density at radius 1 is 1.30 bits per heavy atom. The monoisotopic (exact) mass is 298 g/mol. The largest absolute Gasteiger partial charge is 0.383 e. The summed E-state index contributed by atoms with van der Waals surface area (Å²) in [6.07, 6.45) is 5.94. The van der Waals surface area contributed by atoms with Gasteiger partial charge in [-0.05, 0) is 26.7 Å². The topological polar surface area (TPSA) is 34.1 Å². The highest BCUT2D eigenvalue weighted by Crippen LogP contribution is 2.32. The molecule has 0 aliphatic rings. The molecule has 0 spiro atoms. The average molecular weight is 298 g/mol. The molecule has 3 nitrogen and oxygen atoms in total. The van der Waals surface area contributed by atoms with Gasteiger partial charge in [-0.25, -0.2) is 4.98 Å². The van der Waals surface area contributed by atoms with Crippen molar-refractivity contribution in [3.8, 4) is 0 Å². The zero-order chi connectivity index (χ0) is 15.0. The maximum absolute atomic E-state index is 5.17. The zero-order valence-corrected chi connectivity index (χ0v) is 14.5. The van der Waals surface area contributed by atoms with Gasteiger partial charge in [-0.3, -0.25) is 0 Å². The van der Waals surface area contributed by atoms with Gasteiger partial charge >= 0.3 is 0 Å². The summed E-state index contributed by atoms with van der Waals surface area (Å²) in [5.41, 5.74) is 1.23. The fourth-order valence-corrected chi connectivity index (χ4v) is 3.57. The van der Waals surface area contributed by atoms with Gasteiger partial charge in [-0.15, -0.1) is 11.3 Å². The Labute approximate surface area is 128 Å². The summed E-state index contributed by atoms with van der Waals surface area (Å²) in [4.78, 5) is 6.23. The molecule has 0 radical (unpaired) electrons. The summed E-state index contributed by atoms with van der Waals surface area (Å²) in [6.45, 7) is 10.5. The van der Waals surface area contributed by atoms with Gasteiger partial charge < -0.3 is 10.1 Å². The van der Waals surface area contributed by atoms with Crippen LogP contribution in [-0.4, -0.2) is 25.2 Å². The molecule has 0 aliphatic carbocycles. The molecule has 0 aliphatic heterocycles. The zero-order valence-electron chi connectivity index (χ0n) is 13.7. The summed E-state index contributed by atoms with van der Waals surface area (Å²) >= 11 is 1.85. The van der Waals surface area contributed by atoms with Crippen molar-refractivity contribution in [3.63, 3.8) is 0 Å². The van der Waals surface area contributed by atoms with Gasteiger partial charge in [-0.1, -0.05) is 33.1 Å². The molecule has 0 fully saturated rings. The number of hydrogen-bond acceptors (Lipinski definition) is 4. The predicted octanol–water partition coefficient (Wildman–Crippen LogP) is 4.05. The van der Waals surface area contributed by atoms with Gasteiger partial charge in [-0.2, -0.15) is 0 Å². The smallest absolute Gasteiger partial charge is 0.113 e. The molecule has 1 N–H and O–H groups in total. The molecule has 0 saturated carbocycles. The molecule has 1 heterocycles. The molecule has 116 valence electrons. The molecule has 0 amide bonds. The molecule has 0 saturated heterocycles. The second-order valence-electron chi connectivity index (χ2n) is 5.58. The minimum absolute atomic E-state index is 0.0173. The Hall–Kier alpha value is -0.450. The molecule has 0 aromatic carbocycles. The molecular formula is C16H30N2OS. The highest BCUT2D eigenvalue weighted by molar-refractivity contribution is 7.11. The third-order valence-corrected chi connectivity index (χ3v) is 5.08. The molecule has 1 aromatic rings. The van der Waals surface area contributed by atoms with Crippen molar-refractivity contribution in [2.45, 2.75) is 65.3 Å². The fraction of sp³-hybridized carbons (Fsp3) is 0.812. The Balaban J connectivity index is 2.83. The van der Waals surface area contributed by atoms with E-state index in [4.69, 9.17) is 9.72 Å². The Morgan fingerprint density at radius 2 is 2.05 bits per heavy atom. The lowest BCUT2D eigenvalue weighted by Crippen LogP contribution is -2.41. The van der Waals surface area contributed by atoms with Gasteiger partial charge in [0.25, 0.3) is 0 Å². The molecule has 1 rings (SSSR count). The third-order valence-electron chi connectivity index (χ3n) is 3.80. The van der Waals surface area contributed by atoms with E-state index in [1.165, 1.54) is 34.8 Å². The minimum atomic E-state index is -0.0173. The van der Waals surface area contributed by atoms with Crippen molar-refractivity contribution in [2.24, 2.45) is 0 Å². The van der Waals surface area contributed by atoms with Crippen molar-refractivity contribution in [2.75, 3.05) is 20.3 Å². The van der Waals surface area contributed by atoms with Crippen LogP contribution in [0.1, 0.15) is 62.0 Å². The van der Waals surface area contributed by atoms with Gasteiger partial charge in [0.05, 0.1) is 17.8 Å². The summed E-state index contributed by atoms with van der Waals surface area (Å²) < 4.78 is 5.17. The summed E-state index contributed by atoms with van der Waals surface area (Å²) in [5.74, 6) is 0. The van der Waals surface area contributed by atoms with Gasteiger partial charge in [0, 0.05) is 18.5 Å². The Bertz CT molecular complexity index is 380. The molecule has 1 unspecified atom stereocenters. The first-order valence-electron chi connectivity index (χ1n) is 7.78. The predicted molar refractivity (Wildman–Crippen MR) is 87.6 cm³/mol. The number of rotatable bonds is 10. The van der Waals surface area contributed by atoms with Crippen LogP contribution in [0.4, 0.5) is 0 Å². The first-order valence-corrected chi connectivity index (χ1v) is 8.59. The van der Waals surface area contributed by atoms with E-state index < -0.39 is 0 Å². The SMILES string of the molecule is CCCCCC(C)(NCCOC)c1nc(CC)c(C)s1. The van der Waals surface area contributed by atoms with E-state index in [0.717, 1.165) is 26.0 Å². The molecular weight excluding hydrogens is 268 g/mol. The van der Waals surface area contributed by atoms with E-state index >= 15 is 0 Å². The second-order valence-corrected chi connectivity index (χ2v) is 6.79. The quantitative estimate of drug-likeness (QED) is 0.662. The van der Waals surface area contributed by atoms with E-state index in [9.17, 15) is 0 Å². The van der Waals surface area contributed by atoms with Crippen LogP contribution in [0.5, 0.6) is 0 Å². The van der Waals surface area contributed by atoms with E-state index in [1.54, 1.807) is 7.11 Å². The van der Waals surface area contributed by atoms with Crippen molar-refractivity contribution >= 4 is 11.3 Å². The minimum Gasteiger partial charge on any atom is -0.383 e. The third kappa shape index (κ3) is 4.83. The van der Waals surface area contributed by atoms with Gasteiger partial charge in [0.15, 0.2) is 0 Å². The summed E-state index contributed by atoms with van der Waals surface area (Å²) in [7, 11) is 1.75. The lowest BCUT2D eigenvalue weighted by Gasteiger charge is -2.29. The standard InChI is InChI=1S/C16H30N2OS/c1-6-8-9-10-16(4,17-11-12-19-5)15-18-14(7-2)13(3)20-15/h17H,6-12H2,1-5H3. The highest BCUT2D eigenvalue weighted by Gasteiger charge is 2.29. The number of aryl methyl sites for hydroxylation is 2.